The van der Waals surface area contributed by atoms with E-state index in [2.05, 4.69) is 84.9 Å². The van der Waals surface area contributed by atoms with Crippen molar-refractivity contribution in [3.63, 3.8) is 0 Å². The molecule has 0 heterocycles. The third-order valence-corrected chi connectivity index (χ3v) is 13.5. The Bertz CT molecular complexity index is 1240. The van der Waals surface area contributed by atoms with Gasteiger partial charge >= 0.3 is 207 Å². The van der Waals surface area contributed by atoms with Crippen LogP contribution in [0.3, 0.4) is 0 Å². The predicted octanol–water partition coefficient (Wildman–Crippen LogP) is 7.66. The van der Waals surface area contributed by atoms with Crippen LogP contribution in [0.4, 0.5) is 0 Å². The fourth-order valence-corrected chi connectivity index (χ4v) is 10.7. The zero-order valence-electron chi connectivity index (χ0n) is 18.8. The van der Waals surface area contributed by atoms with Crippen LogP contribution in [-0.4, -0.2) is 0 Å². The summed E-state index contributed by atoms with van der Waals surface area (Å²) in [7, 11) is 0. The fourth-order valence-electron chi connectivity index (χ4n) is 4.57. The van der Waals surface area contributed by atoms with Crippen molar-refractivity contribution in [3.05, 3.63) is 151 Å². The van der Waals surface area contributed by atoms with Gasteiger partial charge in [-0.05, 0) is 0 Å². The average Bonchev–Trinajstić information content (AvgIpc) is 2.92. The second-order valence-electron chi connectivity index (χ2n) is 8.41. The van der Waals surface area contributed by atoms with Crippen LogP contribution in [-0.2, 0) is 6.16 Å². The molecule has 0 aliphatic heterocycles. The molecule has 0 N–H and O–H groups in total. The van der Waals surface area contributed by atoms with Crippen molar-refractivity contribution >= 4 is 33.1 Å². The summed E-state index contributed by atoms with van der Waals surface area (Å²) >= 11 is 8.18. The summed E-state index contributed by atoms with van der Waals surface area (Å²) in [5.74, 6) is -1.71. The van der Waals surface area contributed by atoms with Gasteiger partial charge in [0.2, 0.25) is 0 Å². The van der Waals surface area contributed by atoms with Crippen molar-refractivity contribution < 1.29 is 4.74 Å². The summed E-state index contributed by atoms with van der Waals surface area (Å²) in [6, 6.07) is 49.9. The van der Waals surface area contributed by atoms with Gasteiger partial charge < -0.3 is 0 Å². The molecule has 0 spiro atoms. The minimum atomic E-state index is -3.34. The van der Waals surface area contributed by atoms with Gasteiger partial charge in [-0.25, -0.2) is 0 Å². The third-order valence-electron chi connectivity index (χ3n) is 6.27. The Balaban J connectivity index is 1.64. The molecule has 0 atom stereocenters. The van der Waals surface area contributed by atoms with Gasteiger partial charge in [0.1, 0.15) is 0 Å². The van der Waals surface area contributed by atoms with Crippen molar-refractivity contribution in [2.45, 2.75) is 6.16 Å². The van der Waals surface area contributed by atoms with E-state index in [0.29, 0.717) is 6.16 Å². The zero-order valence-corrected chi connectivity index (χ0v) is 20.4. The van der Waals surface area contributed by atoms with Crippen LogP contribution < -0.4 is 20.7 Å². The second-order valence-corrected chi connectivity index (χ2v) is 14.9. The Kier molecular flexibility index (Phi) is 6.24. The second kappa shape index (κ2) is 9.47. The van der Waals surface area contributed by atoms with Crippen LogP contribution in [0.25, 0.3) is 0 Å². The van der Waals surface area contributed by atoms with Gasteiger partial charge in [-0.3, -0.25) is 0 Å². The van der Waals surface area contributed by atoms with E-state index >= 15 is 0 Å². The van der Waals surface area contributed by atoms with E-state index in [4.69, 9.17) is 16.0 Å². The van der Waals surface area contributed by atoms with Crippen LogP contribution in [0.1, 0.15) is 5.56 Å². The Labute approximate surface area is 206 Å². The normalized spacial score (nSPS) is 12.4. The summed E-state index contributed by atoms with van der Waals surface area (Å²) in [6.07, 6.45) is 0.705. The topological polar surface area (TPSA) is 9.23 Å². The van der Waals surface area contributed by atoms with Crippen molar-refractivity contribution in [1.82, 2.24) is 0 Å². The molecule has 0 amide bonds. The van der Waals surface area contributed by atoms with E-state index in [9.17, 15) is 0 Å². The van der Waals surface area contributed by atoms with Gasteiger partial charge in [0, 0.05) is 0 Å². The van der Waals surface area contributed by atoms with Crippen molar-refractivity contribution in [3.8, 4) is 11.5 Å². The number of hydrogen-bond donors (Lipinski definition) is 0. The van der Waals surface area contributed by atoms with E-state index in [0.717, 1.165) is 27.4 Å². The maximum atomic E-state index is 8.18. The Morgan fingerprint density at radius 3 is 1.21 bits per heavy atom. The molecular formula is C31H26ClOP. The molecule has 0 saturated heterocycles. The summed E-state index contributed by atoms with van der Waals surface area (Å²) in [5.41, 5.74) is 1.17. The first kappa shape index (κ1) is 22.4. The number of benzene rings is 5. The monoisotopic (exact) mass is 480 g/mol. The molecule has 0 unspecified atom stereocenters. The predicted molar refractivity (Wildman–Crippen MR) is 148 cm³/mol. The van der Waals surface area contributed by atoms with Crippen LogP contribution in [0.15, 0.2) is 146 Å². The molecule has 5 rings (SSSR count). The standard InChI is InChI=1S/C31H26ClOP/c32-34(29-15-7-2-8-16-29,30-17-9-3-10-18-30,31-19-11-4-12-20-31)25-26-21-23-28(24-22-26)33-27-13-5-1-6-14-27/h1-24H,25H2. The molecule has 0 saturated carbocycles. The first-order valence-electron chi connectivity index (χ1n) is 11.4. The number of halogens is 1. The first-order valence-corrected chi connectivity index (χ1v) is 14.7. The summed E-state index contributed by atoms with van der Waals surface area (Å²) < 4.78 is 6.02. The molecular weight excluding hydrogens is 455 g/mol. The number of para-hydroxylation sites is 1. The van der Waals surface area contributed by atoms with Gasteiger partial charge in [-0.1, -0.05) is 0 Å². The molecule has 0 radical (unpaired) electrons. The van der Waals surface area contributed by atoms with Gasteiger partial charge in [0.15, 0.2) is 0 Å². The average molecular weight is 481 g/mol. The van der Waals surface area contributed by atoms with Gasteiger partial charge in [-0.15, -0.1) is 0 Å². The zero-order chi connectivity index (χ0) is 23.3. The van der Waals surface area contributed by atoms with Gasteiger partial charge in [0.25, 0.3) is 0 Å². The molecule has 0 fully saturated rings. The number of rotatable bonds is 7. The van der Waals surface area contributed by atoms with E-state index < -0.39 is 5.96 Å². The molecule has 168 valence electrons. The summed E-state index contributed by atoms with van der Waals surface area (Å²) in [5, 5.41) is 3.49. The van der Waals surface area contributed by atoms with Crippen LogP contribution in [0.2, 0.25) is 0 Å². The van der Waals surface area contributed by atoms with Gasteiger partial charge in [0.05, 0.1) is 0 Å². The molecule has 1 nitrogen and oxygen atoms in total. The molecule has 0 bridgehead atoms. The summed E-state index contributed by atoms with van der Waals surface area (Å²) in [6.45, 7) is 0. The Hall–Kier alpha value is -3.38. The number of ether oxygens (including phenoxy) is 1. The third kappa shape index (κ3) is 4.14. The molecule has 0 aliphatic rings. The van der Waals surface area contributed by atoms with Crippen molar-refractivity contribution in [2.75, 3.05) is 0 Å². The van der Waals surface area contributed by atoms with Crippen LogP contribution >= 0.6 is 17.2 Å². The maximum absolute atomic E-state index is 8.18. The molecule has 34 heavy (non-hydrogen) atoms. The quantitative estimate of drug-likeness (QED) is 0.217. The molecule has 0 aliphatic carbocycles. The first-order chi connectivity index (χ1) is 16.7. The summed E-state index contributed by atoms with van der Waals surface area (Å²) in [4.78, 5) is 0. The molecule has 5 aromatic carbocycles. The van der Waals surface area contributed by atoms with E-state index in [1.807, 2.05) is 60.7 Å². The van der Waals surface area contributed by atoms with Crippen molar-refractivity contribution in [1.29, 1.82) is 0 Å². The molecule has 0 aromatic heterocycles. The fraction of sp³-hybridized carbons (Fsp3) is 0.0323. The van der Waals surface area contributed by atoms with E-state index in [-0.39, 0.29) is 0 Å². The van der Waals surface area contributed by atoms with E-state index in [1.165, 1.54) is 5.56 Å². The van der Waals surface area contributed by atoms with Gasteiger partial charge in [-0.2, -0.15) is 0 Å². The SMILES string of the molecule is ClP(Cc1ccc(Oc2ccccc2)cc1)(c1ccccc1)(c1ccccc1)c1ccccc1. The molecule has 3 heteroatoms. The molecule has 5 aromatic rings. The van der Waals surface area contributed by atoms with E-state index in [1.54, 1.807) is 0 Å². The van der Waals surface area contributed by atoms with Crippen LogP contribution in [0, 0.1) is 0 Å². The van der Waals surface area contributed by atoms with Crippen molar-refractivity contribution in [2.24, 2.45) is 0 Å². The number of hydrogen-bond acceptors (Lipinski definition) is 1. The Morgan fingerprint density at radius 2 is 0.794 bits per heavy atom. The minimum absolute atomic E-state index is 0.705. The van der Waals surface area contributed by atoms with Crippen LogP contribution in [0.5, 0.6) is 11.5 Å². The Morgan fingerprint density at radius 1 is 0.441 bits per heavy atom.